The van der Waals surface area contributed by atoms with Crippen molar-refractivity contribution in [1.29, 1.82) is 0 Å². The molecule has 27 heavy (non-hydrogen) atoms. The predicted octanol–water partition coefficient (Wildman–Crippen LogP) is 2.89. The second-order valence-electron chi connectivity index (χ2n) is 7.39. The van der Waals surface area contributed by atoms with Gasteiger partial charge in [0.1, 0.15) is 18.2 Å². The number of aromatic nitrogens is 5. The maximum absolute atomic E-state index is 13.5. The molecule has 1 atom stereocenters. The summed E-state index contributed by atoms with van der Waals surface area (Å²) in [6, 6.07) is 7.31. The third-order valence-electron chi connectivity index (χ3n) is 5.36. The van der Waals surface area contributed by atoms with Crippen LogP contribution in [0.1, 0.15) is 41.5 Å². The van der Waals surface area contributed by atoms with Crippen molar-refractivity contribution in [3.05, 3.63) is 65.3 Å². The number of rotatable bonds is 5. The zero-order valence-electron chi connectivity index (χ0n) is 15.8. The van der Waals surface area contributed by atoms with Gasteiger partial charge in [-0.05, 0) is 49.6 Å². The first-order valence-electron chi connectivity index (χ1n) is 9.43. The Labute approximate surface area is 158 Å². The van der Waals surface area contributed by atoms with Crippen LogP contribution in [0.5, 0.6) is 0 Å². The molecule has 1 aliphatic heterocycles. The summed E-state index contributed by atoms with van der Waals surface area (Å²) in [5, 5.41) is 13.1. The molecule has 0 N–H and O–H groups in total. The zero-order chi connectivity index (χ0) is 18.8. The lowest BCUT2D eigenvalue weighted by Crippen LogP contribution is -2.35. The van der Waals surface area contributed by atoms with Crippen LogP contribution in [-0.2, 0) is 20.1 Å². The summed E-state index contributed by atoms with van der Waals surface area (Å²) >= 11 is 0. The predicted molar refractivity (Wildman–Crippen MR) is 101 cm³/mol. The van der Waals surface area contributed by atoms with Gasteiger partial charge in [0.2, 0.25) is 0 Å². The highest BCUT2D eigenvalue weighted by Gasteiger charge is 2.26. The molecule has 0 aliphatic carbocycles. The molecule has 3 heterocycles. The molecule has 0 bridgehead atoms. The van der Waals surface area contributed by atoms with Gasteiger partial charge in [-0.25, -0.2) is 4.39 Å². The lowest BCUT2D eigenvalue weighted by atomic mass is 9.96. The lowest BCUT2D eigenvalue weighted by Gasteiger charge is -2.32. The van der Waals surface area contributed by atoms with E-state index in [1.807, 2.05) is 43.0 Å². The summed E-state index contributed by atoms with van der Waals surface area (Å²) in [5.74, 6) is 2.18. The van der Waals surface area contributed by atoms with E-state index in [1.54, 1.807) is 12.3 Å². The lowest BCUT2D eigenvalue weighted by molar-refractivity contribution is 0.195. The molecule has 1 aromatic carbocycles. The number of piperidine rings is 1. The first-order valence-corrected chi connectivity index (χ1v) is 9.43. The first-order chi connectivity index (χ1) is 13.1. The van der Waals surface area contributed by atoms with Crippen molar-refractivity contribution >= 4 is 0 Å². The largest absolute Gasteiger partial charge is 0.316 e. The number of hydrogen-bond acceptors (Lipinski definition) is 4. The van der Waals surface area contributed by atoms with Gasteiger partial charge in [0.25, 0.3) is 0 Å². The Hall–Kier alpha value is -2.54. The van der Waals surface area contributed by atoms with E-state index >= 15 is 0 Å². The Morgan fingerprint density at radius 3 is 2.89 bits per heavy atom. The van der Waals surface area contributed by atoms with E-state index in [0.717, 1.165) is 49.7 Å². The van der Waals surface area contributed by atoms with Gasteiger partial charge in [-0.15, -0.1) is 10.2 Å². The summed E-state index contributed by atoms with van der Waals surface area (Å²) in [6.07, 6.45) is 5.95. The summed E-state index contributed by atoms with van der Waals surface area (Å²) in [7, 11) is 2.04. The van der Waals surface area contributed by atoms with Gasteiger partial charge in [-0.3, -0.25) is 9.58 Å². The van der Waals surface area contributed by atoms with Crippen molar-refractivity contribution in [1.82, 2.24) is 29.4 Å². The Morgan fingerprint density at radius 2 is 2.11 bits per heavy atom. The third kappa shape index (κ3) is 3.93. The highest BCUT2D eigenvalue weighted by atomic mass is 19.1. The SMILES string of the molecule is Cc1cc(CN2CCCC(c3nnc(Cn4cccn4)n3C)C2)ccc1F. The molecule has 142 valence electrons. The van der Waals surface area contributed by atoms with Gasteiger partial charge in [0.15, 0.2) is 5.82 Å². The number of halogens is 1. The Morgan fingerprint density at radius 1 is 1.22 bits per heavy atom. The van der Waals surface area contributed by atoms with E-state index in [0.29, 0.717) is 18.0 Å². The van der Waals surface area contributed by atoms with E-state index in [9.17, 15) is 4.39 Å². The minimum absolute atomic E-state index is 0.140. The molecule has 1 unspecified atom stereocenters. The number of likely N-dealkylation sites (tertiary alicyclic amines) is 1. The van der Waals surface area contributed by atoms with Gasteiger partial charge in [0.05, 0.1) is 0 Å². The molecule has 7 heteroatoms. The third-order valence-corrected chi connectivity index (χ3v) is 5.36. The number of hydrogen-bond donors (Lipinski definition) is 0. The topological polar surface area (TPSA) is 51.8 Å². The van der Waals surface area contributed by atoms with Crippen molar-refractivity contribution in [3.8, 4) is 0 Å². The van der Waals surface area contributed by atoms with Crippen LogP contribution in [0.4, 0.5) is 4.39 Å². The van der Waals surface area contributed by atoms with Crippen molar-refractivity contribution in [2.75, 3.05) is 13.1 Å². The van der Waals surface area contributed by atoms with E-state index in [2.05, 4.69) is 24.8 Å². The molecule has 1 aliphatic rings. The van der Waals surface area contributed by atoms with E-state index in [4.69, 9.17) is 0 Å². The summed E-state index contributed by atoms with van der Waals surface area (Å²) in [5.41, 5.74) is 1.87. The van der Waals surface area contributed by atoms with Gasteiger partial charge in [-0.1, -0.05) is 12.1 Å². The van der Waals surface area contributed by atoms with Crippen LogP contribution in [0.25, 0.3) is 0 Å². The summed E-state index contributed by atoms with van der Waals surface area (Å²) in [4.78, 5) is 2.43. The minimum Gasteiger partial charge on any atom is -0.316 e. The van der Waals surface area contributed by atoms with Gasteiger partial charge >= 0.3 is 0 Å². The molecule has 3 aromatic rings. The molecule has 0 saturated carbocycles. The van der Waals surface area contributed by atoms with Crippen LogP contribution in [-0.4, -0.2) is 42.5 Å². The van der Waals surface area contributed by atoms with Crippen LogP contribution in [0.2, 0.25) is 0 Å². The summed E-state index contributed by atoms with van der Waals surface area (Å²) < 4.78 is 17.5. The Kier molecular flexibility index (Phi) is 5.03. The standard InChI is InChI=1S/C20H25FN6/c1-15-11-16(6-7-18(15)21)12-26-9-3-5-17(13-26)20-24-23-19(25(20)2)14-27-10-4-8-22-27/h4,6-8,10-11,17H,3,5,9,12-14H2,1-2H3. The van der Waals surface area contributed by atoms with Crippen LogP contribution in [0.3, 0.4) is 0 Å². The smallest absolute Gasteiger partial charge is 0.154 e. The molecule has 2 aromatic heterocycles. The zero-order valence-corrected chi connectivity index (χ0v) is 15.8. The fourth-order valence-corrected chi connectivity index (χ4v) is 3.88. The van der Waals surface area contributed by atoms with Crippen LogP contribution >= 0.6 is 0 Å². The second-order valence-corrected chi connectivity index (χ2v) is 7.39. The quantitative estimate of drug-likeness (QED) is 0.695. The second kappa shape index (κ2) is 7.60. The molecule has 0 amide bonds. The molecular formula is C20H25FN6. The number of aryl methyl sites for hydroxylation is 1. The van der Waals surface area contributed by atoms with Crippen LogP contribution in [0.15, 0.2) is 36.7 Å². The molecule has 1 fully saturated rings. The normalized spacial score (nSPS) is 18.1. The average Bonchev–Trinajstić information content (AvgIpc) is 3.29. The molecular weight excluding hydrogens is 343 g/mol. The molecule has 1 saturated heterocycles. The van der Waals surface area contributed by atoms with Gasteiger partial charge in [-0.2, -0.15) is 5.10 Å². The molecule has 6 nitrogen and oxygen atoms in total. The van der Waals surface area contributed by atoms with E-state index in [1.165, 1.54) is 0 Å². The highest BCUT2D eigenvalue weighted by molar-refractivity contribution is 5.24. The minimum atomic E-state index is -0.140. The van der Waals surface area contributed by atoms with Gasteiger partial charge < -0.3 is 4.57 Å². The van der Waals surface area contributed by atoms with Crippen molar-refractivity contribution in [2.24, 2.45) is 7.05 Å². The van der Waals surface area contributed by atoms with Crippen molar-refractivity contribution < 1.29 is 4.39 Å². The maximum atomic E-state index is 13.5. The highest BCUT2D eigenvalue weighted by Crippen LogP contribution is 2.27. The maximum Gasteiger partial charge on any atom is 0.154 e. The van der Waals surface area contributed by atoms with Crippen LogP contribution < -0.4 is 0 Å². The van der Waals surface area contributed by atoms with Gasteiger partial charge in [0, 0.05) is 38.4 Å². The monoisotopic (exact) mass is 368 g/mol. The van der Waals surface area contributed by atoms with Crippen molar-refractivity contribution in [2.45, 2.75) is 38.8 Å². The fraction of sp³-hybridized carbons (Fsp3) is 0.450. The Bertz CT molecular complexity index is 901. The average molecular weight is 368 g/mol. The van der Waals surface area contributed by atoms with E-state index in [-0.39, 0.29) is 5.82 Å². The first kappa shape index (κ1) is 17.9. The molecule has 0 radical (unpaired) electrons. The van der Waals surface area contributed by atoms with Crippen molar-refractivity contribution in [3.63, 3.8) is 0 Å². The Balaban J connectivity index is 1.45. The number of nitrogens with zero attached hydrogens (tertiary/aromatic N) is 6. The van der Waals surface area contributed by atoms with Crippen LogP contribution in [0, 0.1) is 12.7 Å². The molecule has 0 spiro atoms. The summed E-state index contributed by atoms with van der Waals surface area (Å²) in [6.45, 7) is 5.30. The fourth-order valence-electron chi connectivity index (χ4n) is 3.88. The molecule has 4 rings (SSSR count). The van der Waals surface area contributed by atoms with E-state index < -0.39 is 0 Å². The number of benzene rings is 1.